The van der Waals surface area contributed by atoms with Crippen LogP contribution in [0.25, 0.3) is 0 Å². The second-order valence-electron chi connectivity index (χ2n) is 6.85. The van der Waals surface area contributed by atoms with E-state index in [9.17, 15) is 14.7 Å². The molecule has 0 saturated heterocycles. The number of hydrogen-bond donors (Lipinski definition) is 2. The quantitative estimate of drug-likeness (QED) is 0.507. The van der Waals surface area contributed by atoms with E-state index >= 15 is 0 Å². The molecule has 3 aromatic rings. The van der Waals surface area contributed by atoms with E-state index in [-0.39, 0.29) is 29.2 Å². The number of H-pyrrole nitrogens is 1. The van der Waals surface area contributed by atoms with Crippen molar-refractivity contribution in [1.82, 2.24) is 9.97 Å². The Balaban J connectivity index is 1.64. The maximum absolute atomic E-state index is 11.3. The minimum Gasteiger partial charge on any atom is -0.494 e. The summed E-state index contributed by atoms with van der Waals surface area (Å²) >= 11 is 0.996. The first kappa shape index (κ1) is 21.6. The van der Waals surface area contributed by atoms with E-state index < -0.39 is 0 Å². The van der Waals surface area contributed by atoms with Crippen LogP contribution in [0.4, 0.5) is 0 Å². The molecule has 2 N–H and O–H groups in total. The number of carbonyl (C=O) groups is 1. The normalized spacial score (nSPS) is 11.8. The van der Waals surface area contributed by atoms with Crippen LogP contribution in [0.3, 0.4) is 0 Å². The van der Waals surface area contributed by atoms with Crippen molar-refractivity contribution in [2.45, 2.75) is 32.6 Å². The Morgan fingerprint density at radius 2 is 1.97 bits per heavy atom. The fourth-order valence-electron chi connectivity index (χ4n) is 2.90. The molecular weight excluding hydrogens is 404 g/mol. The van der Waals surface area contributed by atoms with Crippen molar-refractivity contribution < 1.29 is 19.4 Å². The molecule has 0 spiro atoms. The Morgan fingerprint density at radius 1 is 1.20 bits per heavy atom. The molecule has 0 bridgehead atoms. The molecule has 7 nitrogen and oxygen atoms in total. The summed E-state index contributed by atoms with van der Waals surface area (Å²) in [7, 11) is 0. The van der Waals surface area contributed by atoms with Gasteiger partial charge in [-0.3, -0.25) is 19.6 Å². The van der Waals surface area contributed by atoms with Gasteiger partial charge in [0, 0.05) is 25.2 Å². The number of benzene rings is 1. The third-order valence-electron chi connectivity index (χ3n) is 4.61. The highest BCUT2D eigenvalue weighted by Gasteiger charge is 2.16. The lowest BCUT2D eigenvalue weighted by Gasteiger charge is -2.18. The molecular formula is C22H24N2O5S. The molecule has 1 aromatic carbocycles. The van der Waals surface area contributed by atoms with Crippen LogP contribution in [0.1, 0.15) is 41.5 Å². The van der Waals surface area contributed by atoms with Crippen LogP contribution in [0.5, 0.6) is 11.6 Å². The SMILES string of the molecule is CCc1ccc(C(COC(C)=O)COc2ccc(Cc3sc(=O)[nH]c3O)cc2)cn1. The van der Waals surface area contributed by atoms with Gasteiger partial charge in [-0.25, -0.2) is 0 Å². The summed E-state index contributed by atoms with van der Waals surface area (Å²) < 4.78 is 11.1. The molecule has 0 amide bonds. The second kappa shape index (κ2) is 10.1. The first-order chi connectivity index (χ1) is 14.4. The minimum atomic E-state index is -0.335. The largest absolute Gasteiger partial charge is 0.494 e. The van der Waals surface area contributed by atoms with Gasteiger partial charge in [-0.15, -0.1) is 0 Å². The van der Waals surface area contributed by atoms with Crippen molar-refractivity contribution in [2.75, 3.05) is 13.2 Å². The van der Waals surface area contributed by atoms with Gasteiger partial charge in [-0.05, 0) is 35.7 Å². The summed E-state index contributed by atoms with van der Waals surface area (Å²) in [5.41, 5.74) is 2.89. The number of esters is 1. The average molecular weight is 429 g/mol. The molecule has 0 radical (unpaired) electrons. The summed E-state index contributed by atoms with van der Waals surface area (Å²) in [4.78, 5) is 29.7. The van der Waals surface area contributed by atoms with E-state index in [2.05, 4.69) is 9.97 Å². The van der Waals surface area contributed by atoms with Crippen LogP contribution in [0.15, 0.2) is 47.4 Å². The molecule has 3 rings (SSSR count). The number of ether oxygens (including phenoxy) is 2. The van der Waals surface area contributed by atoms with Gasteiger partial charge in [0.25, 0.3) is 0 Å². The van der Waals surface area contributed by atoms with Crippen molar-refractivity contribution in [2.24, 2.45) is 0 Å². The fraction of sp³-hybridized carbons (Fsp3) is 0.318. The van der Waals surface area contributed by atoms with E-state index in [0.29, 0.717) is 23.7 Å². The maximum atomic E-state index is 11.3. The molecule has 0 aliphatic carbocycles. The Hall–Kier alpha value is -3.13. The van der Waals surface area contributed by atoms with Crippen molar-refractivity contribution in [3.8, 4) is 11.6 Å². The number of hydrogen-bond acceptors (Lipinski definition) is 7. The molecule has 0 fully saturated rings. The number of rotatable bonds is 9. The lowest BCUT2D eigenvalue weighted by atomic mass is 10.0. The van der Waals surface area contributed by atoms with E-state index in [1.165, 1.54) is 6.92 Å². The topological polar surface area (TPSA) is 102 Å². The van der Waals surface area contributed by atoms with E-state index in [1.807, 2.05) is 43.3 Å². The van der Waals surface area contributed by atoms with Gasteiger partial charge in [-0.2, -0.15) is 0 Å². The zero-order valence-electron chi connectivity index (χ0n) is 16.9. The fourth-order valence-corrected chi connectivity index (χ4v) is 3.66. The van der Waals surface area contributed by atoms with E-state index in [1.54, 1.807) is 6.20 Å². The van der Waals surface area contributed by atoms with E-state index in [0.717, 1.165) is 34.6 Å². The van der Waals surface area contributed by atoms with Crippen molar-refractivity contribution in [3.63, 3.8) is 0 Å². The lowest BCUT2D eigenvalue weighted by Crippen LogP contribution is -2.18. The third kappa shape index (κ3) is 5.93. The molecule has 0 aliphatic rings. The highest BCUT2D eigenvalue weighted by atomic mass is 32.1. The van der Waals surface area contributed by atoms with Crippen LogP contribution in [-0.4, -0.2) is 34.3 Å². The van der Waals surface area contributed by atoms with Crippen LogP contribution >= 0.6 is 11.3 Å². The standard InChI is InChI=1S/C22H24N2O5S/c1-3-18-7-6-16(11-23-18)17(12-28-14(2)25)13-29-19-8-4-15(5-9-19)10-20-21(26)24-22(27)30-20/h4-9,11,17,26H,3,10,12-13H2,1-2H3,(H,24,27). The second-order valence-corrected chi connectivity index (χ2v) is 7.92. The summed E-state index contributed by atoms with van der Waals surface area (Å²) in [5, 5.41) is 9.71. The number of aromatic nitrogens is 2. The number of aromatic amines is 1. The van der Waals surface area contributed by atoms with Crippen LogP contribution in [0, 0.1) is 0 Å². The first-order valence-electron chi connectivity index (χ1n) is 9.65. The predicted octanol–water partition coefficient (Wildman–Crippen LogP) is 3.42. The molecule has 2 aromatic heterocycles. The molecule has 30 heavy (non-hydrogen) atoms. The zero-order chi connectivity index (χ0) is 21.5. The summed E-state index contributed by atoms with van der Waals surface area (Å²) in [6, 6.07) is 11.4. The van der Waals surface area contributed by atoms with Crippen LogP contribution < -0.4 is 9.61 Å². The first-order valence-corrected chi connectivity index (χ1v) is 10.5. The van der Waals surface area contributed by atoms with Gasteiger partial charge < -0.3 is 14.6 Å². The van der Waals surface area contributed by atoms with Crippen molar-refractivity contribution >= 4 is 17.3 Å². The van der Waals surface area contributed by atoms with Crippen LogP contribution in [-0.2, 0) is 22.4 Å². The summed E-state index contributed by atoms with van der Waals surface area (Å²) in [5.74, 6) is 0.122. The van der Waals surface area contributed by atoms with Gasteiger partial charge in [0.15, 0.2) is 0 Å². The molecule has 2 heterocycles. The molecule has 1 atom stereocenters. The highest BCUT2D eigenvalue weighted by Crippen LogP contribution is 2.23. The monoisotopic (exact) mass is 428 g/mol. The number of aryl methyl sites for hydroxylation is 1. The molecule has 8 heteroatoms. The Bertz CT molecular complexity index is 1020. The van der Waals surface area contributed by atoms with Crippen molar-refractivity contribution in [3.05, 3.63) is 74.0 Å². The van der Waals surface area contributed by atoms with Gasteiger partial charge in [-0.1, -0.05) is 36.5 Å². The van der Waals surface area contributed by atoms with Crippen molar-refractivity contribution in [1.29, 1.82) is 0 Å². The molecule has 158 valence electrons. The van der Waals surface area contributed by atoms with Gasteiger partial charge in [0.2, 0.25) is 5.88 Å². The number of pyridine rings is 1. The lowest BCUT2D eigenvalue weighted by molar-refractivity contribution is -0.141. The zero-order valence-corrected chi connectivity index (χ0v) is 17.7. The van der Waals surface area contributed by atoms with Gasteiger partial charge in [0.05, 0.1) is 17.4 Å². The van der Waals surface area contributed by atoms with Crippen LogP contribution in [0.2, 0.25) is 0 Å². The number of carbonyl (C=O) groups excluding carboxylic acids is 1. The molecule has 0 aliphatic heterocycles. The maximum Gasteiger partial charge on any atom is 0.307 e. The average Bonchev–Trinajstić information content (AvgIpc) is 3.06. The number of nitrogens with zero attached hydrogens (tertiary/aromatic N) is 1. The smallest absolute Gasteiger partial charge is 0.307 e. The Kier molecular flexibility index (Phi) is 7.24. The summed E-state index contributed by atoms with van der Waals surface area (Å²) in [6.45, 7) is 3.98. The van der Waals surface area contributed by atoms with E-state index in [4.69, 9.17) is 9.47 Å². The Morgan fingerprint density at radius 3 is 2.53 bits per heavy atom. The van der Waals surface area contributed by atoms with Gasteiger partial charge >= 0.3 is 10.8 Å². The number of nitrogens with one attached hydrogen (secondary N) is 1. The highest BCUT2D eigenvalue weighted by molar-refractivity contribution is 7.09. The third-order valence-corrected chi connectivity index (χ3v) is 5.48. The summed E-state index contributed by atoms with van der Waals surface area (Å²) in [6.07, 6.45) is 3.11. The minimum absolute atomic E-state index is 0.0821. The number of aromatic hydroxyl groups is 1. The molecule has 0 saturated carbocycles. The predicted molar refractivity (Wildman–Crippen MR) is 114 cm³/mol. The number of thiazole rings is 1. The molecule has 1 unspecified atom stereocenters. The van der Waals surface area contributed by atoms with Gasteiger partial charge in [0.1, 0.15) is 12.4 Å². The Labute approximate surface area is 178 Å².